The van der Waals surface area contributed by atoms with Crippen LogP contribution in [0.15, 0.2) is 18.2 Å². The standard InChI is InChI=1S/C11H12ClF2NO/c12-5-3-11(16)15-6-4-8-1-2-9(13)7-10(8)14/h1-2,7H,3-6H2,(H,15,16). The number of hydrogen-bond donors (Lipinski definition) is 1. The molecule has 0 saturated heterocycles. The number of benzene rings is 1. The van der Waals surface area contributed by atoms with Crippen molar-refractivity contribution in [2.24, 2.45) is 0 Å². The molecule has 5 heteroatoms. The van der Waals surface area contributed by atoms with Crippen LogP contribution in [0.1, 0.15) is 12.0 Å². The molecule has 1 aromatic carbocycles. The summed E-state index contributed by atoms with van der Waals surface area (Å²) in [6.45, 7) is 0.318. The molecule has 1 rings (SSSR count). The molecule has 16 heavy (non-hydrogen) atoms. The monoisotopic (exact) mass is 247 g/mol. The Labute approximate surface area is 97.6 Å². The van der Waals surface area contributed by atoms with E-state index in [0.717, 1.165) is 6.07 Å². The van der Waals surface area contributed by atoms with E-state index in [2.05, 4.69) is 5.32 Å². The van der Waals surface area contributed by atoms with E-state index in [1.165, 1.54) is 12.1 Å². The largest absolute Gasteiger partial charge is 0.356 e. The number of halogens is 3. The average Bonchev–Trinajstić information content (AvgIpc) is 2.22. The third kappa shape index (κ3) is 4.14. The van der Waals surface area contributed by atoms with Gasteiger partial charge in [0.1, 0.15) is 11.6 Å². The van der Waals surface area contributed by atoms with E-state index >= 15 is 0 Å². The van der Waals surface area contributed by atoms with Gasteiger partial charge in [0.25, 0.3) is 0 Å². The van der Waals surface area contributed by atoms with Crippen LogP contribution in [0.4, 0.5) is 8.78 Å². The summed E-state index contributed by atoms with van der Waals surface area (Å²) < 4.78 is 25.7. The summed E-state index contributed by atoms with van der Waals surface area (Å²) in [6, 6.07) is 3.40. The minimum atomic E-state index is -0.604. The van der Waals surface area contributed by atoms with Gasteiger partial charge >= 0.3 is 0 Å². The number of nitrogens with one attached hydrogen (secondary N) is 1. The van der Waals surface area contributed by atoms with Gasteiger partial charge in [0.05, 0.1) is 0 Å². The van der Waals surface area contributed by atoms with Gasteiger partial charge < -0.3 is 5.32 Å². The topological polar surface area (TPSA) is 29.1 Å². The van der Waals surface area contributed by atoms with Crippen molar-refractivity contribution in [2.75, 3.05) is 12.4 Å². The summed E-state index contributed by atoms with van der Waals surface area (Å²) in [5.74, 6) is -1.10. The highest BCUT2D eigenvalue weighted by atomic mass is 35.5. The van der Waals surface area contributed by atoms with E-state index in [9.17, 15) is 13.6 Å². The minimum absolute atomic E-state index is 0.169. The van der Waals surface area contributed by atoms with E-state index in [-0.39, 0.29) is 18.2 Å². The fraction of sp³-hybridized carbons (Fsp3) is 0.364. The predicted octanol–water partition coefficient (Wildman–Crippen LogP) is 2.25. The molecule has 0 unspecified atom stereocenters. The van der Waals surface area contributed by atoms with Gasteiger partial charge in [-0.2, -0.15) is 0 Å². The van der Waals surface area contributed by atoms with Gasteiger partial charge in [0.2, 0.25) is 5.91 Å². The molecule has 0 aliphatic heterocycles. The van der Waals surface area contributed by atoms with Crippen LogP contribution in [0.5, 0.6) is 0 Å². The lowest BCUT2D eigenvalue weighted by Crippen LogP contribution is -2.25. The highest BCUT2D eigenvalue weighted by Crippen LogP contribution is 2.09. The summed E-state index contributed by atoms with van der Waals surface area (Å²) in [5, 5.41) is 2.59. The van der Waals surface area contributed by atoms with Crippen LogP contribution in [0, 0.1) is 11.6 Å². The Morgan fingerprint density at radius 1 is 1.38 bits per heavy atom. The van der Waals surface area contributed by atoms with Crippen molar-refractivity contribution in [3.63, 3.8) is 0 Å². The quantitative estimate of drug-likeness (QED) is 0.795. The molecule has 0 spiro atoms. The van der Waals surface area contributed by atoms with Crippen LogP contribution in [0.25, 0.3) is 0 Å². The SMILES string of the molecule is O=C(CCCl)NCCc1ccc(F)cc1F. The van der Waals surface area contributed by atoms with Crippen molar-refractivity contribution in [1.29, 1.82) is 0 Å². The molecule has 0 atom stereocenters. The van der Waals surface area contributed by atoms with Gasteiger partial charge in [-0.3, -0.25) is 4.79 Å². The zero-order valence-electron chi connectivity index (χ0n) is 8.60. The van der Waals surface area contributed by atoms with Crippen molar-refractivity contribution in [3.8, 4) is 0 Å². The second kappa shape index (κ2) is 6.43. The van der Waals surface area contributed by atoms with Gasteiger partial charge in [0.15, 0.2) is 0 Å². The molecule has 0 aliphatic rings. The molecular weight excluding hydrogens is 236 g/mol. The zero-order valence-corrected chi connectivity index (χ0v) is 9.36. The molecule has 0 bridgehead atoms. The van der Waals surface area contributed by atoms with Crippen LogP contribution >= 0.6 is 11.6 Å². The molecule has 0 heterocycles. The van der Waals surface area contributed by atoms with Gasteiger partial charge in [-0.15, -0.1) is 11.6 Å². The first-order chi connectivity index (χ1) is 7.63. The molecule has 0 saturated carbocycles. The zero-order chi connectivity index (χ0) is 12.0. The summed E-state index contributed by atoms with van der Waals surface area (Å²) >= 11 is 5.37. The lowest BCUT2D eigenvalue weighted by molar-refractivity contribution is -0.120. The Hall–Kier alpha value is -1.16. The second-order valence-corrected chi connectivity index (χ2v) is 3.65. The highest BCUT2D eigenvalue weighted by molar-refractivity contribution is 6.18. The van der Waals surface area contributed by atoms with E-state index in [1.54, 1.807) is 0 Å². The predicted molar refractivity (Wildman–Crippen MR) is 58.4 cm³/mol. The molecule has 0 aliphatic carbocycles. The van der Waals surface area contributed by atoms with E-state index < -0.39 is 11.6 Å². The first kappa shape index (κ1) is 12.9. The first-order valence-corrected chi connectivity index (χ1v) is 5.43. The van der Waals surface area contributed by atoms with Gasteiger partial charge in [-0.1, -0.05) is 6.07 Å². The minimum Gasteiger partial charge on any atom is -0.356 e. The summed E-state index contributed by atoms with van der Waals surface area (Å²) in [5.41, 5.74) is 0.382. The van der Waals surface area contributed by atoms with Gasteiger partial charge in [0, 0.05) is 24.9 Å². The fourth-order valence-electron chi connectivity index (χ4n) is 1.24. The molecule has 2 nitrogen and oxygen atoms in total. The maximum absolute atomic E-state index is 13.1. The third-order valence-corrected chi connectivity index (χ3v) is 2.24. The third-order valence-electron chi connectivity index (χ3n) is 2.05. The summed E-state index contributed by atoms with van der Waals surface area (Å²) in [4.78, 5) is 11.0. The molecule has 1 aromatic rings. The van der Waals surface area contributed by atoms with Crippen molar-refractivity contribution in [1.82, 2.24) is 5.32 Å². The fourth-order valence-corrected chi connectivity index (χ4v) is 1.41. The van der Waals surface area contributed by atoms with Crippen LogP contribution < -0.4 is 5.32 Å². The van der Waals surface area contributed by atoms with Crippen LogP contribution in [-0.4, -0.2) is 18.3 Å². The Morgan fingerprint density at radius 2 is 2.12 bits per heavy atom. The maximum atomic E-state index is 13.1. The molecule has 0 aromatic heterocycles. The summed E-state index contributed by atoms with van der Waals surface area (Å²) in [6.07, 6.45) is 0.577. The van der Waals surface area contributed by atoms with E-state index in [1.807, 2.05) is 0 Å². The highest BCUT2D eigenvalue weighted by Gasteiger charge is 2.04. The first-order valence-electron chi connectivity index (χ1n) is 4.90. The number of rotatable bonds is 5. The normalized spacial score (nSPS) is 10.2. The van der Waals surface area contributed by atoms with E-state index in [0.29, 0.717) is 18.5 Å². The average molecular weight is 248 g/mol. The lowest BCUT2D eigenvalue weighted by atomic mass is 10.1. The number of amides is 1. The molecule has 1 amide bonds. The number of alkyl halides is 1. The van der Waals surface area contributed by atoms with Crippen LogP contribution in [0.3, 0.4) is 0 Å². The Bertz CT molecular complexity index is 371. The second-order valence-electron chi connectivity index (χ2n) is 3.27. The molecule has 88 valence electrons. The van der Waals surface area contributed by atoms with Gasteiger partial charge in [-0.25, -0.2) is 8.78 Å². The van der Waals surface area contributed by atoms with Crippen molar-refractivity contribution >= 4 is 17.5 Å². The van der Waals surface area contributed by atoms with Crippen molar-refractivity contribution in [2.45, 2.75) is 12.8 Å². The Morgan fingerprint density at radius 3 is 2.75 bits per heavy atom. The lowest BCUT2D eigenvalue weighted by Gasteiger charge is -2.05. The smallest absolute Gasteiger partial charge is 0.221 e. The van der Waals surface area contributed by atoms with Crippen molar-refractivity contribution in [3.05, 3.63) is 35.4 Å². The molecule has 0 fully saturated rings. The number of carbonyl (C=O) groups is 1. The van der Waals surface area contributed by atoms with Crippen LogP contribution in [0.2, 0.25) is 0 Å². The maximum Gasteiger partial charge on any atom is 0.221 e. The number of hydrogen-bond acceptors (Lipinski definition) is 1. The Kier molecular flexibility index (Phi) is 5.19. The van der Waals surface area contributed by atoms with Crippen LogP contribution in [-0.2, 0) is 11.2 Å². The summed E-state index contributed by atoms with van der Waals surface area (Å²) in [7, 11) is 0. The van der Waals surface area contributed by atoms with E-state index in [4.69, 9.17) is 11.6 Å². The van der Waals surface area contributed by atoms with Gasteiger partial charge in [-0.05, 0) is 18.1 Å². The molecule has 0 radical (unpaired) electrons. The molecular formula is C11H12ClF2NO. The Balaban J connectivity index is 2.40. The molecule has 1 N–H and O–H groups in total. The number of carbonyl (C=O) groups excluding carboxylic acids is 1. The van der Waals surface area contributed by atoms with Crippen molar-refractivity contribution < 1.29 is 13.6 Å².